The number of aromatic nitrogens is 5. The van der Waals surface area contributed by atoms with Gasteiger partial charge in [-0.2, -0.15) is 0 Å². The molecule has 1 atom stereocenters. The summed E-state index contributed by atoms with van der Waals surface area (Å²) in [5, 5.41) is 12.1. The van der Waals surface area contributed by atoms with Crippen LogP contribution in [-0.2, 0) is 19.4 Å². The van der Waals surface area contributed by atoms with Crippen molar-refractivity contribution >= 4 is 0 Å². The number of nitrogens with one attached hydrogen (secondary N) is 2. The van der Waals surface area contributed by atoms with Crippen molar-refractivity contribution < 1.29 is 0 Å². The largest absolute Gasteiger partial charge is 0.328 e. The van der Waals surface area contributed by atoms with Crippen molar-refractivity contribution in [2.45, 2.75) is 38.8 Å². The maximum absolute atomic E-state index is 4.62. The topological polar surface area (TPSA) is 71.4 Å². The van der Waals surface area contributed by atoms with E-state index in [2.05, 4.69) is 60.9 Å². The smallest absolute Gasteiger partial charge is 0.144 e. The van der Waals surface area contributed by atoms with Crippen molar-refractivity contribution in [2.75, 3.05) is 0 Å². The number of hydrogen-bond donors (Lipinski definition) is 2. The molecule has 2 aromatic heterocycles. The molecule has 3 aromatic rings. The molecular formula is C23H26N6. The maximum Gasteiger partial charge on any atom is 0.144 e. The Bertz CT molecular complexity index is 1040. The number of fused-ring (bicyclic) bond motifs is 3. The molecule has 4 rings (SSSR count). The van der Waals surface area contributed by atoms with Crippen LogP contribution in [0.3, 0.4) is 0 Å². The number of allylic oxidation sites excluding steroid dienone is 5. The summed E-state index contributed by atoms with van der Waals surface area (Å²) in [5.41, 5.74) is 3.56. The first-order valence-electron chi connectivity index (χ1n) is 9.97. The zero-order valence-electron chi connectivity index (χ0n) is 16.7. The van der Waals surface area contributed by atoms with Crippen LogP contribution >= 0.6 is 0 Å². The number of imidazole rings is 1. The van der Waals surface area contributed by atoms with E-state index >= 15 is 0 Å². The van der Waals surface area contributed by atoms with E-state index in [9.17, 15) is 0 Å². The zero-order chi connectivity index (χ0) is 20.1. The number of para-hydroxylation sites is 1. The number of rotatable bonds is 7. The Morgan fingerprint density at radius 3 is 3.03 bits per heavy atom. The summed E-state index contributed by atoms with van der Waals surface area (Å²) in [6, 6.07) is 8.68. The van der Waals surface area contributed by atoms with E-state index in [1.165, 1.54) is 11.3 Å². The van der Waals surface area contributed by atoms with Crippen molar-refractivity contribution in [1.82, 2.24) is 30.0 Å². The fourth-order valence-corrected chi connectivity index (χ4v) is 3.65. The van der Waals surface area contributed by atoms with Gasteiger partial charge in [0.15, 0.2) is 0 Å². The average molecular weight is 387 g/mol. The van der Waals surface area contributed by atoms with Crippen LogP contribution in [0.2, 0.25) is 0 Å². The number of H-pyrrole nitrogens is 1. The molecule has 6 nitrogen and oxygen atoms in total. The summed E-state index contributed by atoms with van der Waals surface area (Å²) >= 11 is 0. The van der Waals surface area contributed by atoms with Crippen molar-refractivity contribution in [3.63, 3.8) is 0 Å². The Morgan fingerprint density at radius 1 is 1.28 bits per heavy atom. The van der Waals surface area contributed by atoms with Crippen LogP contribution < -0.4 is 5.32 Å². The highest BCUT2D eigenvalue weighted by atomic mass is 15.2. The lowest BCUT2D eigenvalue weighted by Gasteiger charge is -2.15. The van der Waals surface area contributed by atoms with E-state index in [-0.39, 0.29) is 6.04 Å². The second-order valence-corrected chi connectivity index (χ2v) is 7.19. The van der Waals surface area contributed by atoms with Gasteiger partial charge in [0.2, 0.25) is 0 Å². The minimum atomic E-state index is 0.157. The molecule has 0 unspecified atom stereocenters. The Hall–Kier alpha value is -3.25. The molecule has 0 bridgehead atoms. The molecule has 1 aliphatic rings. The minimum Gasteiger partial charge on any atom is -0.328 e. The lowest BCUT2D eigenvalue weighted by atomic mass is 10.1. The van der Waals surface area contributed by atoms with Gasteiger partial charge in [-0.3, -0.25) is 0 Å². The third-order valence-corrected chi connectivity index (χ3v) is 5.06. The number of hydrogen-bond acceptors (Lipinski definition) is 4. The highest BCUT2D eigenvalue weighted by Gasteiger charge is 2.23. The molecule has 1 aromatic carbocycles. The Labute approximate surface area is 171 Å². The Balaban J connectivity index is 1.40. The van der Waals surface area contributed by atoms with Gasteiger partial charge in [-0.25, -0.2) is 4.98 Å². The van der Waals surface area contributed by atoms with Crippen LogP contribution in [0.1, 0.15) is 42.4 Å². The van der Waals surface area contributed by atoms with Crippen molar-refractivity contribution in [3.05, 3.63) is 96.2 Å². The average Bonchev–Trinajstić information content (AvgIpc) is 3.35. The lowest BCUT2D eigenvalue weighted by molar-refractivity contribution is 0.472. The van der Waals surface area contributed by atoms with Crippen LogP contribution in [0, 0.1) is 0 Å². The first kappa shape index (κ1) is 19.1. The number of aryl methyl sites for hydroxylation is 1. The fourth-order valence-electron chi connectivity index (χ4n) is 3.65. The summed E-state index contributed by atoms with van der Waals surface area (Å²) in [6.07, 6.45) is 14.5. The molecule has 6 heteroatoms. The fraction of sp³-hybridized carbons (Fsp3) is 0.261. The Kier molecular flexibility index (Phi) is 5.81. The van der Waals surface area contributed by atoms with Crippen LogP contribution in [0.4, 0.5) is 0 Å². The van der Waals surface area contributed by atoms with E-state index < -0.39 is 0 Å². The molecule has 3 heterocycles. The van der Waals surface area contributed by atoms with Crippen molar-refractivity contribution in [1.29, 1.82) is 0 Å². The van der Waals surface area contributed by atoms with Gasteiger partial charge in [-0.05, 0) is 37.0 Å². The summed E-state index contributed by atoms with van der Waals surface area (Å²) in [4.78, 5) is 7.92. The number of benzene rings is 1. The van der Waals surface area contributed by atoms with E-state index in [1.807, 2.05) is 43.6 Å². The first-order chi connectivity index (χ1) is 14.2. The van der Waals surface area contributed by atoms with Crippen molar-refractivity contribution in [3.8, 4) is 5.69 Å². The van der Waals surface area contributed by atoms with Gasteiger partial charge in [-0.1, -0.05) is 49.1 Å². The summed E-state index contributed by atoms with van der Waals surface area (Å²) in [5.74, 6) is 2.69. The molecule has 0 amide bonds. The van der Waals surface area contributed by atoms with E-state index in [4.69, 9.17) is 0 Å². The van der Waals surface area contributed by atoms with Gasteiger partial charge in [0.1, 0.15) is 17.5 Å². The van der Waals surface area contributed by atoms with Crippen LogP contribution in [-0.4, -0.2) is 24.7 Å². The number of nitrogens with zero attached hydrogens (tertiary/aromatic N) is 4. The highest BCUT2D eigenvalue weighted by molar-refractivity contribution is 5.43. The van der Waals surface area contributed by atoms with Gasteiger partial charge >= 0.3 is 0 Å². The van der Waals surface area contributed by atoms with E-state index in [0.717, 1.165) is 35.9 Å². The van der Waals surface area contributed by atoms with Gasteiger partial charge in [0.25, 0.3) is 0 Å². The zero-order valence-corrected chi connectivity index (χ0v) is 16.7. The van der Waals surface area contributed by atoms with Gasteiger partial charge in [0, 0.05) is 24.5 Å². The monoisotopic (exact) mass is 386 g/mol. The molecular weight excluding hydrogens is 360 g/mol. The maximum atomic E-state index is 4.62. The van der Waals surface area contributed by atoms with E-state index in [0.29, 0.717) is 13.0 Å². The summed E-state index contributed by atoms with van der Waals surface area (Å²) < 4.78 is 2.19. The first-order valence-corrected chi connectivity index (χ1v) is 9.97. The van der Waals surface area contributed by atoms with Crippen LogP contribution in [0.5, 0.6) is 0 Å². The quantitative estimate of drug-likeness (QED) is 0.602. The second-order valence-electron chi connectivity index (χ2n) is 7.19. The molecule has 0 saturated heterocycles. The van der Waals surface area contributed by atoms with Crippen LogP contribution in [0.25, 0.3) is 5.69 Å². The molecule has 0 aliphatic carbocycles. The van der Waals surface area contributed by atoms with Crippen LogP contribution in [0.15, 0.2) is 73.1 Å². The summed E-state index contributed by atoms with van der Waals surface area (Å²) in [6.45, 7) is 6.67. The Morgan fingerprint density at radius 2 is 2.14 bits per heavy atom. The minimum absolute atomic E-state index is 0.157. The van der Waals surface area contributed by atoms with Gasteiger partial charge in [0.05, 0.1) is 12.6 Å². The van der Waals surface area contributed by atoms with Gasteiger partial charge < -0.3 is 14.9 Å². The molecule has 0 fully saturated rings. The molecule has 29 heavy (non-hydrogen) atoms. The molecule has 1 aliphatic heterocycles. The third-order valence-electron chi connectivity index (χ3n) is 5.06. The molecule has 148 valence electrons. The predicted octanol–water partition coefficient (Wildman–Crippen LogP) is 4.00. The predicted molar refractivity (Wildman–Crippen MR) is 115 cm³/mol. The molecule has 2 N–H and O–H groups in total. The second kappa shape index (κ2) is 8.84. The number of aromatic amines is 1. The van der Waals surface area contributed by atoms with Gasteiger partial charge in [-0.15, -0.1) is 10.2 Å². The lowest BCUT2D eigenvalue weighted by Crippen LogP contribution is -2.23. The normalized spacial score (nSPS) is 16.1. The molecule has 0 spiro atoms. The van der Waals surface area contributed by atoms with Crippen molar-refractivity contribution in [2.24, 2.45) is 0 Å². The highest BCUT2D eigenvalue weighted by Crippen LogP contribution is 2.28. The standard InChI is InChI=1S/C23H26N6/c1-3-4-5-8-17(2)15-21-26-22(28-27-21)16-25-19-12-11-18-9-6-7-10-20(18)29-14-13-24-23(19)29/h3-10,13-14,19,25H,2,11-12,15-16H2,1H3,(H,26,27,28)/b4-3-,8-5-/t19-/m0/s1. The van der Waals surface area contributed by atoms with E-state index in [1.54, 1.807) is 0 Å². The third kappa shape index (κ3) is 4.43. The molecule has 0 radical (unpaired) electrons. The summed E-state index contributed by atoms with van der Waals surface area (Å²) in [7, 11) is 0. The SMILES string of the molecule is C=C(/C=C\C=C/C)Cc1nnc(CN[C@H]2CCc3ccccc3-n3ccnc32)[nH]1. The molecule has 0 saturated carbocycles.